The second kappa shape index (κ2) is 9.29. The van der Waals surface area contributed by atoms with Crippen molar-refractivity contribution < 1.29 is 19.1 Å². The molecule has 1 aromatic heterocycles. The van der Waals surface area contributed by atoms with Gasteiger partial charge in [-0.25, -0.2) is 9.78 Å². The van der Waals surface area contributed by atoms with Crippen LogP contribution in [0.4, 0.5) is 5.13 Å². The fraction of sp³-hybridized carbons (Fsp3) is 0.238. The van der Waals surface area contributed by atoms with Crippen LogP contribution in [0.3, 0.4) is 0 Å². The van der Waals surface area contributed by atoms with Gasteiger partial charge in [-0.2, -0.15) is 0 Å². The van der Waals surface area contributed by atoms with Crippen molar-refractivity contribution in [2.75, 3.05) is 18.1 Å². The summed E-state index contributed by atoms with van der Waals surface area (Å²) in [6, 6.07) is 14.3. The Morgan fingerprint density at radius 3 is 2.48 bits per heavy atom. The Bertz CT molecular complexity index is 997. The second-order valence-electron chi connectivity index (χ2n) is 6.28. The largest absolute Gasteiger partial charge is 0.452 e. The van der Waals surface area contributed by atoms with Gasteiger partial charge in [0, 0.05) is 20.0 Å². The van der Waals surface area contributed by atoms with Crippen molar-refractivity contribution in [1.29, 1.82) is 0 Å². The minimum atomic E-state index is -0.579. The average molecular weight is 411 g/mol. The Balaban J connectivity index is 1.59. The number of hydrogen-bond donors (Lipinski definition) is 1. The number of hydrogen-bond acceptors (Lipinski definition) is 6. The molecule has 1 heterocycles. The quantitative estimate of drug-likeness (QED) is 0.604. The predicted molar refractivity (Wildman–Crippen MR) is 112 cm³/mol. The number of para-hydroxylation sites is 1. The van der Waals surface area contributed by atoms with Gasteiger partial charge in [-0.3, -0.25) is 14.5 Å². The highest BCUT2D eigenvalue weighted by Crippen LogP contribution is 2.28. The summed E-state index contributed by atoms with van der Waals surface area (Å²) in [5.41, 5.74) is 2.03. The van der Waals surface area contributed by atoms with Gasteiger partial charge in [0.05, 0.1) is 15.8 Å². The summed E-state index contributed by atoms with van der Waals surface area (Å²) in [6.07, 6.45) is 0. The summed E-state index contributed by atoms with van der Waals surface area (Å²) in [5.74, 6) is -1.03. The molecule has 3 rings (SSSR count). The lowest BCUT2D eigenvalue weighted by atomic mass is 10.1. The van der Waals surface area contributed by atoms with Crippen molar-refractivity contribution in [2.45, 2.75) is 20.4 Å². The SMILES string of the molecule is CCN(C(=O)COC(=O)c1ccc(CNC(C)=O)cc1)c1nc2ccccc2s1. The van der Waals surface area contributed by atoms with Gasteiger partial charge in [-0.15, -0.1) is 0 Å². The van der Waals surface area contributed by atoms with Crippen LogP contribution in [-0.2, 0) is 20.9 Å². The van der Waals surface area contributed by atoms with Crippen LogP contribution in [-0.4, -0.2) is 35.9 Å². The summed E-state index contributed by atoms with van der Waals surface area (Å²) in [6.45, 7) is 3.73. The Hall–Kier alpha value is -3.26. The van der Waals surface area contributed by atoms with Crippen LogP contribution in [0.15, 0.2) is 48.5 Å². The predicted octanol–water partition coefficient (Wildman–Crippen LogP) is 3.14. The van der Waals surface area contributed by atoms with Crippen molar-refractivity contribution in [1.82, 2.24) is 10.3 Å². The molecule has 0 aliphatic heterocycles. The van der Waals surface area contributed by atoms with E-state index in [9.17, 15) is 14.4 Å². The molecule has 7 nitrogen and oxygen atoms in total. The zero-order chi connectivity index (χ0) is 20.8. The summed E-state index contributed by atoms with van der Waals surface area (Å²) in [7, 11) is 0. The molecule has 150 valence electrons. The van der Waals surface area contributed by atoms with Gasteiger partial charge in [-0.1, -0.05) is 35.6 Å². The maximum absolute atomic E-state index is 12.6. The number of fused-ring (bicyclic) bond motifs is 1. The van der Waals surface area contributed by atoms with Crippen LogP contribution in [0.5, 0.6) is 0 Å². The van der Waals surface area contributed by atoms with E-state index in [0.717, 1.165) is 15.8 Å². The minimum Gasteiger partial charge on any atom is -0.452 e. The summed E-state index contributed by atoms with van der Waals surface area (Å²) >= 11 is 1.42. The second-order valence-corrected chi connectivity index (χ2v) is 7.29. The van der Waals surface area contributed by atoms with Crippen LogP contribution in [0, 0.1) is 0 Å². The third-order valence-corrected chi connectivity index (χ3v) is 5.25. The first-order valence-corrected chi connectivity index (χ1v) is 9.96. The number of nitrogens with one attached hydrogen (secondary N) is 1. The highest BCUT2D eigenvalue weighted by Gasteiger charge is 2.20. The molecule has 3 aromatic rings. The molecule has 0 aliphatic rings. The number of nitrogens with zero attached hydrogens (tertiary/aromatic N) is 2. The topological polar surface area (TPSA) is 88.6 Å². The van der Waals surface area contributed by atoms with E-state index in [1.165, 1.54) is 23.2 Å². The number of amides is 2. The molecule has 0 aliphatic carbocycles. The molecule has 0 saturated carbocycles. The van der Waals surface area contributed by atoms with Crippen molar-refractivity contribution in [3.05, 3.63) is 59.7 Å². The van der Waals surface area contributed by atoms with Gasteiger partial charge in [0.25, 0.3) is 5.91 Å². The molecule has 0 unspecified atom stereocenters. The molecule has 0 saturated heterocycles. The van der Waals surface area contributed by atoms with E-state index >= 15 is 0 Å². The van der Waals surface area contributed by atoms with E-state index in [1.807, 2.05) is 31.2 Å². The van der Waals surface area contributed by atoms with E-state index in [2.05, 4.69) is 10.3 Å². The third-order valence-electron chi connectivity index (χ3n) is 4.19. The number of likely N-dealkylation sites (N-methyl/N-ethyl adjacent to an activating group) is 1. The summed E-state index contributed by atoms with van der Waals surface area (Å²) in [5, 5.41) is 3.26. The maximum atomic E-state index is 12.6. The number of carbonyl (C=O) groups is 3. The standard InChI is InChI=1S/C21H21N3O4S/c1-3-24(21-23-17-6-4-5-7-18(17)29-21)19(26)13-28-20(27)16-10-8-15(9-11-16)12-22-14(2)25/h4-11H,3,12-13H2,1-2H3,(H,22,25). The van der Waals surface area contributed by atoms with Crippen molar-refractivity contribution in [2.24, 2.45) is 0 Å². The Kier molecular flexibility index (Phi) is 6.56. The first-order chi connectivity index (χ1) is 14.0. The lowest BCUT2D eigenvalue weighted by Crippen LogP contribution is -2.34. The zero-order valence-electron chi connectivity index (χ0n) is 16.2. The van der Waals surface area contributed by atoms with Gasteiger partial charge in [0.2, 0.25) is 5.91 Å². The summed E-state index contributed by atoms with van der Waals surface area (Å²) in [4.78, 5) is 41.7. The van der Waals surface area contributed by atoms with E-state index in [-0.39, 0.29) is 18.4 Å². The molecular formula is C21H21N3O4S. The lowest BCUT2D eigenvalue weighted by Gasteiger charge is -2.17. The number of carbonyl (C=O) groups excluding carboxylic acids is 3. The van der Waals surface area contributed by atoms with E-state index in [4.69, 9.17) is 4.74 Å². The Labute approximate surface area is 172 Å². The van der Waals surface area contributed by atoms with Crippen LogP contribution < -0.4 is 10.2 Å². The van der Waals surface area contributed by atoms with Crippen molar-refractivity contribution in [3.8, 4) is 0 Å². The van der Waals surface area contributed by atoms with Gasteiger partial charge in [0.1, 0.15) is 0 Å². The molecule has 0 spiro atoms. The minimum absolute atomic E-state index is 0.124. The zero-order valence-corrected chi connectivity index (χ0v) is 17.0. The number of anilines is 1. The molecular weight excluding hydrogens is 390 g/mol. The molecule has 0 fully saturated rings. The Morgan fingerprint density at radius 1 is 1.10 bits per heavy atom. The molecule has 0 radical (unpaired) electrons. The maximum Gasteiger partial charge on any atom is 0.338 e. The Morgan fingerprint density at radius 2 is 1.83 bits per heavy atom. The number of ether oxygens (including phenoxy) is 1. The van der Waals surface area contributed by atoms with Gasteiger partial charge in [-0.05, 0) is 36.8 Å². The molecule has 2 aromatic carbocycles. The van der Waals surface area contributed by atoms with Gasteiger partial charge >= 0.3 is 5.97 Å². The lowest BCUT2D eigenvalue weighted by molar-refractivity contribution is -0.121. The molecule has 0 atom stereocenters. The smallest absolute Gasteiger partial charge is 0.338 e. The number of rotatable bonds is 7. The highest BCUT2D eigenvalue weighted by molar-refractivity contribution is 7.22. The van der Waals surface area contributed by atoms with Gasteiger partial charge in [0.15, 0.2) is 11.7 Å². The monoisotopic (exact) mass is 411 g/mol. The van der Waals surface area contributed by atoms with Crippen LogP contribution in [0.1, 0.15) is 29.8 Å². The first kappa shape index (κ1) is 20.5. The normalized spacial score (nSPS) is 10.6. The summed E-state index contributed by atoms with van der Waals surface area (Å²) < 4.78 is 6.17. The molecule has 2 amide bonds. The molecule has 0 bridgehead atoms. The molecule has 29 heavy (non-hydrogen) atoms. The molecule has 1 N–H and O–H groups in total. The van der Waals surface area contributed by atoms with E-state index in [1.54, 1.807) is 24.3 Å². The number of benzene rings is 2. The van der Waals surface area contributed by atoms with Crippen LogP contribution in [0.25, 0.3) is 10.2 Å². The van der Waals surface area contributed by atoms with Crippen LogP contribution in [0.2, 0.25) is 0 Å². The fourth-order valence-corrected chi connectivity index (χ4v) is 3.71. The first-order valence-electron chi connectivity index (χ1n) is 9.14. The molecule has 8 heteroatoms. The number of thiazole rings is 1. The van der Waals surface area contributed by atoms with E-state index < -0.39 is 5.97 Å². The van der Waals surface area contributed by atoms with Crippen molar-refractivity contribution >= 4 is 44.5 Å². The fourth-order valence-electron chi connectivity index (χ4n) is 2.67. The third kappa shape index (κ3) is 5.17. The number of esters is 1. The highest BCUT2D eigenvalue weighted by atomic mass is 32.1. The number of aromatic nitrogens is 1. The van der Waals surface area contributed by atoms with E-state index in [0.29, 0.717) is 23.8 Å². The van der Waals surface area contributed by atoms with Gasteiger partial charge < -0.3 is 10.1 Å². The van der Waals surface area contributed by atoms with Crippen LogP contribution >= 0.6 is 11.3 Å². The average Bonchev–Trinajstić information content (AvgIpc) is 3.15. The van der Waals surface area contributed by atoms with Crippen molar-refractivity contribution in [3.63, 3.8) is 0 Å².